The van der Waals surface area contributed by atoms with Crippen molar-refractivity contribution in [3.8, 4) is 72.8 Å². The molecule has 0 aliphatic rings. The first-order valence-electron chi connectivity index (χ1n) is 27.1. The summed E-state index contributed by atoms with van der Waals surface area (Å²) in [4.78, 5) is 5.55. The van der Waals surface area contributed by atoms with Crippen molar-refractivity contribution in [2.24, 2.45) is 0 Å². The standard InChI is InChI=1S/C75H48N4/c1-3-18-49(19-4-1)51-36-38-52(39-37-51)66-48-69(76-68-43-40-55(47-67(66)68)54-23-16-25-57(45-54)77-70-32-11-7-28-60(70)61-29-8-12-33-71(61)77)56-24-17-27-59(46-56)79-73-35-14-10-31-63(73)65-42-41-64-62-30-9-13-34-72(62)78(74(64)75(65)79)58-26-15-22-53(44-58)50-20-5-2-6-21-50/h1-48H. The Kier molecular flexibility index (Phi) is 10.2. The molecule has 0 fully saturated rings. The molecule has 4 heterocycles. The van der Waals surface area contributed by atoms with Gasteiger partial charge in [0.1, 0.15) is 0 Å². The van der Waals surface area contributed by atoms with Crippen molar-refractivity contribution in [3.05, 3.63) is 291 Å². The molecule has 16 rings (SSSR count). The van der Waals surface area contributed by atoms with Gasteiger partial charge in [-0.15, -0.1) is 0 Å². The second-order valence-corrected chi connectivity index (χ2v) is 20.7. The second kappa shape index (κ2) is 18.1. The fourth-order valence-electron chi connectivity index (χ4n) is 12.6. The van der Waals surface area contributed by atoms with Crippen LogP contribution >= 0.6 is 0 Å². The second-order valence-electron chi connectivity index (χ2n) is 20.7. The maximum absolute atomic E-state index is 5.55. The van der Waals surface area contributed by atoms with Crippen LogP contribution in [0.15, 0.2) is 291 Å². The maximum Gasteiger partial charge on any atom is 0.0788 e. The summed E-state index contributed by atoms with van der Waals surface area (Å²) in [7, 11) is 0. The van der Waals surface area contributed by atoms with Crippen LogP contribution in [0.4, 0.5) is 0 Å². The van der Waals surface area contributed by atoms with Gasteiger partial charge in [0.15, 0.2) is 0 Å². The molecular weight excluding hydrogens is 957 g/mol. The van der Waals surface area contributed by atoms with Gasteiger partial charge in [-0.25, -0.2) is 4.98 Å². The van der Waals surface area contributed by atoms with Gasteiger partial charge in [-0.2, -0.15) is 0 Å². The molecule has 4 nitrogen and oxygen atoms in total. The average Bonchev–Trinajstić information content (AvgIpc) is 4.30. The Labute approximate surface area is 456 Å². The van der Waals surface area contributed by atoms with E-state index in [0.717, 1.165) is 72.5 Å². The molecule has 0 aliphatic carbocycles. The van der Waals surface area contributed by atoms with Gasteiger partial charge in [0.05, 0.1) is 44.3 Å². The minimum atomic E-state index is 0.912. The van der Waals surface area contributed by atoms with Crippen molar-refractivity contribution in [1.29, 1.82) is 0 Å². The van der Waals surface area contributed by atoms with E-state index in [2.05, 4.69) is 305 Å². The van der Waals surface area contributed by atoms with Gasteiger partial charge in [-0.05, 0) is 123 Å². The van der Waals surface area contributed by atoms with Crippen LogP contribution in [0.5, 0.6) is 0 Å². The van der Waals surface area contributed by atoms with Crippen molar-refractivity contribution in [2.45, 2.75) is 0 Å². The van der Waals surface area contributed by atoms with Crippen LogP contribution in [0.2, 0.25) is 0 Å². The quantitative estimate of drug-likeness (QED) is 0.149. The van der Waals surface area contributed by atoms with Crippen molar-refractivity contribution in [2.75, 3.05) is 0 Å². The van der Waals surface area contributed by atoms with Gasteiger partial charge in [-0.3, -0.25) is 0 Å². The SMILES string of the molecule is c1ccc(-c2ccc(-c3cc(-c4cccc(-n5c6ccccc6c6ccc7c8ccccc8n(-c8cccc(-c9ccccc9)c8)c7c65)c4)nc4ccc(-c5cccc(-n6c7ccccc7c7ccccc76)c5)cc34)cc2)cc1. The molecule has 79 heavy (non-hydrogen) atoms. The molecule has 0 atom stereocenters. The topological polar surface area (TPSA) is 27.7 Å². The third-order valence-corrected chi connectivity index (χ3v) is 16.2. The van der Waals surface area contributed by atoms with E-state index in [1.807, 2.05) is 0 Å². The van der Waals surface area contributed by atoms with E-state index >= 15 is 0 Å². The van der Waals surface area contributed by atoms with Crippen LogP contribution in [-0.2, 0) is 0 Å². The van der Waals surface area contributed by atoms with Gasteiger partial charge in [-0.1, -0.05) is 212 Å². The lowest BCUT2D eigenvalue weighted by atomic mass is 9.94. The first kappa shape index (κ1) is 44.7. The zero-order chi connectivity index (χ0) is 52.0. The molecule has 368 valence electrons. The highest BCUT2D eigenvalue weighted by atomic mass is 15.0. The number of hydrogen-bond donors (Lipinski definition) is 0. The molecule has 16 aromatic rings. The number of rotatable bonds is 8. The molecule has 0 spiro atoms. The molecule has 0 amide bonds. The summed E-state index contributed by atoms with van der Waals surface area (Å²) in [6, 6.07) is 106. The number of hydrogen-bond acceptors (Lipinski definition) is 1. The lowest BCUT2D eigenvalue weighted by Gasteiger charge is -2.15. The molecule has 0 saturated heterocycles. The zero-order valence-corrected chi connectivity index (χ0v) is 43.0. The van der Waals surface area contributed by atoms with Crippen LogP contribution < -0.4 is 0 Å². The van der Waals surface area contributed by atoms with E-state index < -0.39 is 0 Å². The number of benzene rings is 12. The Morgan fingerprint density at radius 1 is 0.215 bits per heavy atom. The Morgan fingerprint density at radius 3 is 1.13 bits per heavy atom. The third-order valence-electron chi connectivity index (χ3n) is 16.2. The highest BCUT2D eigenvalue weighted by molar-refractivity contribution is 6.24. The molecule has 0 radical (unpaired) electrons. The van der Waals surface area contributed by atoms with E-state index in [1.165, 1.54) is 76.6 Å². The van der Waals surface area contributed by atoms with Gasteiger partial charge in [0.25, 0.3) is 0 Å². The molecule has 4 aromatic heterocycles. The number of pyridine rings is 1. The summed E-state index contributed by atoms with van der Waals surface area (Å²) < 4.78 is 7.36. The fraction of sp³-hybridized carbons (Fsp3) is 0. The highest BCUT2D eigenvalue weighted by Crippen LogP contribution is 2.44. The number of nitrogens with zero attached hydrogens (tertiary/aromatic N) is 4. The highest BCUT2D eigenvalue weighted by Gasteiger charge is 2.23. The molecule has 0 saturated carbocycles. The summed E-state index contributed by atoms with van der Waals surface area (Å²) >= 11 is 0. The lowest BCUT2D eigenvalue weighted by molar-refractivity contribution is 1.15. The van der Waals surface area contributed by atoms with Crippen LogP contribution in [0.25, 0.3) is 149 Å². The summed E-state index contributed by atoms with van der Waals surface area (Å²) in [6.07, 6.45) is 0. The zero-order valence-electron chi connectivity index (χ0n) is 43.0. The van der Waals surface area contributed by atoms with Gasteiger partial charge in [0, 0.05) is 60.3 Å². The van der Waals surface area contributed by atoms with Crippen molar-refractivity contribution < 1.29 is 0 Å². The van der Waals surface area contributed by atoms with Crippen molar-refractivity contribution >= 4 is 76.3 Å². The Hall–Kier alpha value is -10.6. The first-order valence-corrected chi connectivity index (χ1v) is 27.1. The largest absolute Gasteiger partial charge is 0.309 e. The molecule has 0 unspecified atom stereocenters. The van der Waals surface area contributed by atoms with Crippen molar-refractivity contribution in [1.82, 2.24) is 18.7 Å². The Bertz CT molecular complexity index is 5010. The monoisotopic (exact) mass is 1000 g/mol. The first-order chi connectivity index (χ1) is 39.2. The van der Waals surface area contributed by atoms with E-state index in [0.29, 0.717) is 0 Å². The normalized spacial score (nSPS) is 11.8. The van der Waals surface area contributed by atoms with E-state index in [-0.39, 0.29) is 0 Å². The molecular formula is C75H48N4. The Morgan fingerprint density at radius 2 is 0.582 bits per heavy atom. The smallest absolute Gasteiger partial charge is 0.0788 e. The third kappa shape index (κ3) is 7.26. The minimum Gasteiger partial charge on any atom is -0.309 e. The molecule has 0 aliphatic heterocycles. The van der Waals surface area contributed by atoms with Gasteiger partial charge >= 0.3 is 0 Å². The summed E-state index contributed by atoms with van der Waals surface area (Å²) in [5, 5.41) is 8.45. The van der Waals surface area contributed by atoms with Crippen LogP contribution in [-0.4, -0.2) is 18.7 Å². The van der Waals surface area contributed by atoms with Gasteiger partial charge in [0.2, 0.25) is 0 Å². The van der Waals surface area contributed by atoms with E-state index in [9.17, 15) is 0 Å². The van der Waals surface area contributed by atoms with Crippen LogP contribution in [0.1, 0.15) is 0 Å². The Balaban J connectivity index is 0.880. The molecule has 0 N–H and O–H groups in total. The summed E-state index contributed by atoms with van der Waals surface area (Å²) in [6.45, 7) is 0. The predicted molar refractivity (Wildman–Crippen MR) is 332 cm³/mol. The van der Waals surface area contributed by atoms with Crippen LogP contribution in [0, 0.1) is 0 Å². The lowest BCUT2D eigenvalue weighted by Crippen LogP contribution is -1.99. The van der Waals surface area contributed by atoms with E-state index in [4.69, 9.17) is 4.98 Å². The van der Waals surface area contributed by atoms with Crippen molar-refractivity contribution in [3.63, 3.8) is 0 Å². The fourth-order valence-corrected chi connectivity index (χ4v) is 12.6. The summed E-state index contributed by atoms with van der Waals surface area (Å²) in [5.74, 6) is 0. The molecule has 0 bridgehead atoms. The average molecular weight is 1010 g/mol. The maximum atomic E-state index is 5.55. The minimum absolute atomic E-state index is 0.912. The van der Waals surface area contributed by atoms with Gasteiger partial charge < -0.3 is 13.7 Å². The predicted octanol–water partition coefficient (Wildman–Crippen LogP) is 19.9. The summed E-state index contributed by atoms with van der Waals surface area (Å²) in [5.41, 5.74) is 22.6. The molecule has 4 heteroatoms. The number of aromatic nitrogens is 4. The van der Waals surface area contributed by atoms with E-state index in [1.54, 1.807) is 0 Å². The number of fused-ring (bicyclic) bond motifs is 11. The van der Waals surface area contributed by atoms with Crippen LogP contribution in [0.3, 0.4) is 0 Å². The number of para-hydroxylation sites is 4. The molecule has 12 aromatic carbocycles.